The summed E-state index contributed by atoms with van der Waals surface area (Å²) >= 11 is 0. The number of aliphatic carboxylic acids is 1. The maximum atomic E-state index is 11.5. The van der Waals surface area contributed by atoms with Crippen LogP contribution in [0.5, 0.6) is 0 Å². The molecule has 3 atom stereocenters. The maximum absolute atomic E-state index is 11.5. The van der Waals surface area contributed by atoms with E-state index in [4.69, 9.17) is 0 Å². The smallest absolute Gasteiger partial charge is 0.307 e. The molecule has 4 heteroatoms. The van der Waals surface area contributed by atoms with Crippen molar-refractivity contribution in [3.8, 4) is 0 Å². The van der Waals surface area contributed by atoms with Gasteiger partial charge in [0.25, 0.3) is 0 Å². The molecule has 0 saturated heterocycles. The first-order chi connectivity index (χ1) is 9.02. The van der Waals surface area contributed by atoms with Crippen LogP contribution in [0.1, 0.15) is 51.5 Å². The lowest BCUT2D eigenvalue weighted by Gasteiger charge is -2.35. The van der Waals surface area contributed by atoms with Gasteiger partial charge in [0.15, 0.2) is 0 Å². The van der Waals surface area contributed by atoms with Gasteiger partial charge >= 0.3 is 5.97 Å². The van der Waals surface area contributed by atoms with E-state index in [2.05, 4.69) is 18.9 Å². The second kappa shape index (κ2) is 5.76. The summed E-state index contributed by atoms with van der Waals surface area (Å²) in [6, 6.07) is 0. The number of hydrogen-bond acceptors (Lipinski definition) is 2. The van der Waals surface area contributed by atoms with Crippen LogP contribution in [0.15, 0.2) is 12.4 Å². The molecule has 4 nitrogen and oxygen atoms in total. The number of carboxylic acid groups (broad SMARTS) is 1. The van der Waals surface area contributed by atoms with Crippen LogP contribution in [-0.2, 0) is 11.3 Å². The lowest BCUT2D eigenvalue weighted by Crippen LogP contribution is -2.30. The van der Waals surface area contributed by atoms with Crippen molar-refractivity contribution in [2.45, 2.75) is 52.5 Å². The standard InChI is InChI=1S/C15H24N2O2/c1-4-17-9-12(8-16-17)14-7-11(10(2)3)5-6-13(14)15(18)19/h8-11,13-14H,4-7H2,1-3H3,(H,18,19). The van der Waals surface area contributed by atoms with E-state index in [0.29, 0.717) is 11.8 Å². The molecule has 0 radical (unpaired) electrons. The lowest BCUT2D eigenvalue weighted by atomic mass is 9.69. The average molecular weight is 264 g/mol. The zero-order valence-electron chi connectivity index (χ0n) is 12.0. The third kappa shape index (κ3) is 2.99. The van der Waals surface area contributed by atoms with Gasteiger partial charge in [-0.1, -0.05) is 13.8 Å². The molecule has 0 aliphatic heterocycles. The van der Waals surface area contributed by atoms with Crippen LogP contribution in [0.2, 0.25) is 0 Å². The molecule has 0 spiro atoms. The minimum atomic E-state index is -0.656. The van der Waals surface area contributed by atoms with Gasteiger partial charge in [-0.2, -0.15) is 5.10 Å². The third-order valence-electron chi connectivity index (χ3n) is 4.56. The molecule has 1 aliphatic carbocycles. The fraction of sp³-hybridized carbons (Fsp3) is 0.733. The van der Waals surface area contributed by atoms with Crippen molar-refractivity contribution >= 4 is 5.97 Å². The number of aromatic nitrogens is 2. The molecule has 1 aliphatic rings. The number of carboxylic acids is 1. The molecule has 2 rings (SSSR count). The van der Waals surface area contributed by atoms with Gasteiger partial charge in [0, 0.05) is 18.7 Å². The van der Waals surface area contributed by atoms with Crippen LogP contribution in [0.4, 0.5) is 0 Å². The fourth-order valence-corrected chi connectivity index (χ4v) is 3.22. The van der Waals surface area contributed by atoms with E-state index in [0.717, 1.165) is 31.4 Å². The second-order valence-corrected chi connectivity index (χ2v) is 6.00. The Morgan fingerprint density at radius 3 is 2.79 bits per heavy atom. The highest BCUT2D eigenvalue weighted by Crippen LogP contribution is 2.43. The molecule has 106 valence electrons. The maximum Gasteiger partial charge on any atom is 0.307 e. The van der Waals surface area contributed by atoms with E-state index in [9.17, 15) is 9.90 Å². The van der Waals surface area contributed by atoms with Gasteiger partial charge in [0.05, 0.1) is 12.1 Å². The summed E-state index contributed by atoms with van der Waals surface area (Å²) < 4.78 is 1.88. The summed E-state index contributed by atoms with van der Waals surface area (Å²) in [5.41, 5.74) is 1.10. The summed E-state index contributed by atoms with van der Waals surface area (Å²) in [7, 11) is 0. The minimum Gasteiger partial charge on any atom is -0.481 e. The van der Waals surface area contributed by atoms with E-state index in [1.807, 2.05) is 24.0 Å². The molecule has 0 bridgehead atoms. The molecule has 1 aromatic heterocycles. The van der Waals surface area contributed by atoms with E-state index < -0.39 is 5.97 Å². The highest BCUT2D eigenvalue weighted by atomic mass is 16.4. The Morgan fingerprint density at radius 1 is 1.53 bits per heavy atom. The Balaban J connectivity index is 2.22. The Labute approximate surface area is 114 Å². The van der Waals surface area contributed by atoms with Crippen molar-refractivity contribution in [1.82, 2.24) is 9.78 Å². The van der Waals surface area contributed by atoms with Gasteiger partial charge in [-0.05, 0) is 43.6 Å². The molecule has 0 amide bonds. The summed E-state index contributed by atoms with van der Waals surface area (Å²) in [4.78, 5) is 11.5. The molecule has 1 saturated carbocycles. The van der Waals surface area contributed by atoms with E-state index in [-0.39, 0.29) is 11.8 Å². The SMILES string of the molecule is CCn1cc(C2CC(C(C)C)CCC2C(=O)O)cn1. The van der Waals surface area contributed by atoms with E-state index >= 15 is 0 Å². The first kappa shape index (κ1) is 14.1. The zero-order valence-corrected chi connectivity index (χ0v) is 12.0. The molecule has 19 heavy (non-hydrogen) atoms. The molecule has 0 aromatic carbocycles. The van der Waals surface area contributed by atoms with Crippen LogP contribution in [0.3, 0.4) is 0 Å². The number of nitrogens with zero attached hydrogens (tertiary/aromatic N) is 2. The van der Waals surface area contributed by atoms with Crippen molar-refractivity contribution in [2.75, 3.05) is 0 Å². The Kier molecular flexibility index (Phi) is 4.27. The predicted octanol–water partition coefficient (Wildman–Crippen LogP) is 3.14. The topological polar surface area (TPSA) is 55.1 Å². The Morgan fingerprint density at radius 2 is 2.26 bits per heavy atom. The normalized spacial score (nSPS) is 27.7. The number of rotatable bonds is 4. The molecule has 1 N–H and O–H groups in total. The summed E-state index contributed by atoms with van der Waals surface area (Å²) in [5.74, 6) is 0.476. The summed E-state index contributed by atoms with van der Waals surface area (Å²) in [6.07, 6.45) is 6.67. The van der Waals surface area contributed by atoms with Gasteiger partial charge in [-0.25, -0.2) is 0 Å². The van der Waals surface area contributed by atoms with Gasteiger partial charge in [-0.15, -0.1) is 0 Å². The van der Waals surface area contributed by atoms with Crippen molar-refractivity contribution in [2.24, 2.45) is 17.8 Å². The van der Waals surface area contributed by atoms with Crippen LogP contribution >= 0.6 is 0 Å². The summed E-state index contributed by atoms with van der Waals surface area (Å²) in [5, 5.41) is 13.7. The van der Waals surface area contributed by atoms with Gasteiger partial charge in [0.1, 0.15) is 0 Å². The van der Waals surface area contributed by atoms with Crippen molar-refractivity contribution in [1.29, 1.82) is 0 Å². The molecular weight excluding hydrogens is 240 g/mol. The van der Waals surface area contributed by atoms with Gasteiger partial charge < -0.3 is 5.11 Å². The lowest BCUT2D eigenvalue weighted by molar-refractivity contribution is -0.144. The summed E-state index contributed by atoms with van der Waals surface area (Å²) in [6.45, 7) is 7.35. The van der Waals surface area contributed by atoms with Crippen molar-refractivity contribution < 1.29 is 9.90 Å². The first-order valence-electron chi connectivity index (χ1n) is 7.28. The van der Waals surface area contributed by atoms with Gasteiger partial charge in [0.2, 0.25) is 0 Å². The first-order valence-corrected chi connectivity index (χ1v) is 7.28. The minimum absolute atomic E-state index is 0.124. The van der Waals surface area contributed by atoms with E-state index in [1.165, 1.54) is 0 Å². The number of hydrogen-bond donors (Lipinski definition) is 1. The third-order valence-corrected chi connectivity index (χ3v) is 4.56. The van der Waals surface area contributed by atoms with Crippen LogP contribution < -0.4 is 0 Å². The molecular formula is C15H24N2O2. The van der Waals surface area contributed by atoms with Crippen LogP contribution in [-0.4, -0.2) is 20.9 Å². The highest BCUT2D eigenvalue weighted by molar-refractivity contribution is 5.71. The van der Waals surface area contributed by atoms with Gasteiger partial charge in [-0.3, -0.25) is 9.48 Å². The zero-order chi connectivity index (χ0) is 14.0. The number of carbonyl (C=O) groups is 1. The monoisotopic (exact) mass is 264 g/mol. The molecule has 1 heterocycles. The number of aryl methyl sites for hydroxylation is 1. The highest BCUT2D eigenvalue weighted by Gasteiger charge is 2.37. The van der Waals surface area contributed by atoms with E-state index in [1.54, 1.807) is 0 Å². The predicted molar refractivity (Wildman–Crippen MR) is 73.9 cm³/mol. The van der Waals surface area contributed by atoms with Crippen molar-refractivity contribution in [3.05, 3.63) is 18.0 Å². The molecule has 1 aromatic rings. The fourth-order valence-electron chi connectivity index (χ4n) is 3.22. The largest absolute Gasteiger partial charge is 0.481 e. The molecule has 3 unspecified atom stereocenters. The second-order valence-electron chi connectivity index (χ2n) is 6.00. The average Bonchev–Trinajstić information content (AvgIpc) is 2.86. The quantitative estimate of drug-likeness (QED) is 0.909. The van der Waals surface area contributed by atoms with Crippen LogP contribution in [0.25, 0.3) is 0 Å². The Hall–Kier alpha value is -1.32. The Bertz CT molecular complexity index is 439. The van der Waals surface area contributed by atoms with Crippen molar-refractivity contribution in [3.63, 3.8) is 0 Å². The molecule has 1 fully saturated rings. The van der Waals surface area contributed by atoms with Crippen LogP contribution in [0, 0.1) is 17.8 Å².